The van der Waals surface area contributed by atoms with Gasteiger partial charge in [-0.2, -0.15) is 0 Å². The molecule has 0 aromatic heterocycles. The number of hydrogen-bond donors (Lipinski definition) is 0. The van der Waals surface area contributed by atoms with E-state index in [9.17, 15) is 4.79 Å². The first-order valence-corrected chi connectivity index (χ1v) is 10.7. The van der Waals surface area contributed by atoms with E-state index in [0.29, 0.717) is 35.8 Å². The third kappa shape index (κ3) is 2.40. The average Bonchev–Trinajstić information content (AvgIpc) is 2.82. The van der Waals surface area contributed by atoms with Crippen LogP contribution in [0.4, 0.5) is 0 Å². The van der Waals surface area contributed by atoms with E-state index in [4.69, 9.17) is 4.43 Å². The summed E-state index contributed by atoms with van der Waals surface area (Å²) in [6.45, 7) is 9.88. The number of carbonyl (C=O) groups excluding carboxylic acids is 1. The molecule has 0 spiro atoms. The van der Waals surface area contributed by atoms with Crippen molar-refractivity contribution in [3.8, 4) is 0 Å². The van der Waals surface area contributed by atoms with Crippen LogP contribution in [0.2, 0.25) is 17.1 Å². The summed E-state index contributed by atoms with van der Waals surface area (Å²) in [5.74, 6) is 0.736. The molecule has 1 heterocycles. The predicted octanol–water partition coefficient (Wildman–Crippen LogP) is 4.82. The predicted molar refractivity (Wildman–Crippen MR) is 93.2 cm³/mol. The van der Waals surface area contributed by atoms with Crippen molar-refractivity contribution in [2.24, 2.45) is 5.92 Å². The van der Waals surface area contributed by atoms with E-state index in [0.717, 1.165) is 17.2 Å². The van der Waals surface area contributed by atoms with Gasteiger partial charge in [-0.25, -0.2) is 0 Å². The third-order valence-corrected chi connectivity index (χ3v) is 11.3. The summed E-state index contributed by atoms with van der Waals surface area (Å²) in [6, 6.07) is 11.2. The zero-order valence-corrected chi connectivity index (χ0v) is 15.1. The number of ketones is 1. The van der Waals surface area contributed by atoms with E-state index < -0.39 is 8.32 Å². The van der Waals surface area contributed by atoms with E-state index >= 15 is 0 Å². The number of hydrogen-bond acceptors (Lipinski definition) is 2. The SMILES string of the molecule is CC(C)[Si]1(C(C)C)CC2CC(=O)C(c3ccccc3)=C2CO1. The number of Topliss-reactive ketones (excluding diaryl/α,β-unsaturated/α-hetero) is 1. The number of carbonyl (C=O) groups is 1. The summed E-state index contributed by atoms with van der Waals surface area (Å²) in [5, 5.41) is 0. The molecule has 2 nitrogen and oxygen atoms in total. The first kappa shape index (κ1) is 15.7. The van der Waals surface area contributed by atoms with Crippen molar-refractivity contribution in [2.75, 3.05) is 6.61 Å². The van der Waals surface area contributed by atoms with Crippen LogP contribution < -0.4 is 0 Å². The summed E-state index contributed by atoms with van der Waals surface area (Å²) in [6.07, 6.45) is 0.692. The van der Waals surface area contributed by atoms with Crippen LogP contribution in [-0.2, 0) is 9.22 Å². The second kappa shape index (κ2) is 5.78. The van der Waals surface area contributed by atoms with Crippen LogP contribution in [0.1, 0.15) is 39.7 Å². The highest BCUT2D eigenvalue weighted by Crippen LogP contribution is 2.49. The second-order valence-electron chi connectivity index (χ2n) is 7.35. The van der Waals surface area contributed by atoms with Crippen LogP contribution in [-0.4, -0.2) is 20.7 Å². The van der Waals surface area contributed by atoms with Crippen LogP contribution in [0.3, 0.4) is 0 Å². The molecule has 2 aliphatic rings. The number of fused-ring (bicyclic) bond motifs is 1. The monoisotopic (exact) mass is 314 g/mol. The molecule has 118 valence electrons. The molecule has 1 saturated heterocycles. The number of benzene rings is 1. The molecule has 22 heavy (non-hydrogen) atoms. The van der Waals surface area contributed by atoms with E-state index in [1.165, 1.54) is 5.57 Å². The Morgan fingerprint density at radius 1 is 1.09 bits per heavy atom. The molecule has 0 amide bonds. The normalized spacial score (nSPS) is 24.3. The fourth-order valence-electron chi connectivity index (χ4n) is 4.30. The lowest BCUT2D eigenvalue weighted by molar-refractivity contribution is -0.113. The van der Waals surface area contributed by atoms with E-state index in [1.54, 1.807) is 0 Å². The standard InChI is InChI=1S/C19H26O2Si/c1-13(2)22(14(3)4)12-16-10-18(20)19(17(16)11-21-22)15-8-6-5-7-9-15/h5-9,13-14,16H,10-12H2,1-4H3. The summed E-state index contributed by atoms with van der Waals surface area (Å²) in [4.78, 5) is 12.6. The minimum Gasteiger partial charge on any atom is -0.412 e. The molecular weight excluding hydrogens is 288 g/mol. The molecule has 1 aliphatic heterocycles. The molecule has 3 heteroatoms. The van der Waals surface area contributed by atoms with Gasteiger partial charge in [-0.05, 0) is 34.2 Å². The highest BCUT2D eigenvalue weighted by molar-refractivity contribution is 6.76. The molecule has 1 aromatic carbocycles. The van der Waals surface area contributed by atoms with Gasteiger partial charge in [0.25, 0.3) is 0 Å². The Bertz CT molecular complexity index is 593. The third-order valence-electron chi connectivity index (χ3n) is 5.60. The second-order valence-corrected chi connectivity index (χ2v) is 12.3. The minimum atomic E-state index is -1.77. The van der Waals surface area contributed by atoms with Gasteiger partial charge in [0.1, 0.15) is 0 Å². The lowest BCUT2D eigenvalue weighted by atomic mass is 9.99. The lowest BCUT2D eigenvalue weighted by Gasteiger charge is -2.44. The number of allylic oxidation sites excluding steroid dienone is 1. The molecule has 1 aromatic rings. The van der Waals surface area contributed by atoms with Crippen molar-refractivity contribution in [1.82, 2.24) is 0 Å². The fourth-order valence-corrected chi connectivity index (χ4v) is 8.94. The maximum absolute atomic E-state index is 12.6. The van der Waals surface area contributed by atoms with Gasteiger partial charge in [0.05, 0.1) is 6.61 Å². The zero-order chi connectivity index (χ0) is 15.9. The molecule has 3 rings (SSSR count). The molecular formula is C19H26O2Si. The van der Waals surface area contributed by atoms with Crippen LogP contribution in [0.15, 0.2) is 35.9 Å². The van der Waals surface area contributed by atoms with Crippen LogP contribution >= 0.6 is 0 Å². The maximum Gasteiger partial charge on any atom is 0.198 e. The van der Waals surface area contributed by atoms with Crippen LogP contribution in [0.25, 0.3) is 5.57 Å². The summed E-state index contributed by atoms with van der Waals surface area (Å²) >= 11 is 0. The zero-order valence-electron chi connectivity index (χ0n) is 14.1. The lowest BCUT2D eigenvalue weighted by Crippen LogP contribution is -2.49. The molecule has 1 unspecified atom stereocenters. The molecule has 0 bridgehead atoms. The molecule has 0 saturated carbocycles. The first-order chi connectivity index (χ1) is 10.5. The Kier molecular flexibility index (Phi) is 4.12. The van der Waals surface area contributed by atoms with Crippen molar-refractivity contribution >= 4 is 19.7 Å². The van der Waals surface area contributed by atoms with Crippen molar-refractivity contribution < 1.29 is 9.22 Å². The first-order valence-electron chi connectivity index (χ1n) is 8.41. The van der Waals surface area contributed by atoms with E-state index in [-0.39, 0.29) is 0 Å². The highest BCUT2D eigenvalue weighted by atomic mass is 28.4. The van der Waals surface area contributed by atoms with Gasteiger partial charge in [0, 0.05) is 12.0 Å². The van der Waals surface area contributed by atoms with Gasteiger partial charge in [-0.1, -0.05) is 58.0 Å². The minimum absolute atomic E-state index is 0.312. The molecule has 1 atom stereocenters. The number of rotatable bonds is 3. The smallest absolute Gasteiger partial charge is 0.198 e. The Morgan fingerprint density at radius 3 is 2.32 bits per heavy atom. The Balaban J connectivity index is 1.97. The van der Waals surface area contributed by atoms with Gasteiger partial charge in [-0.3, -0.25) is 4.79 Å². The topological polar surface area (TPSA) is 26.3 Å². The van der Waals surface area contributed by atoms with Crippen LogP contribution in [0.5, 0.6) is 0 Å². The van der Waals surface area contributed by atoms with Gasteiger partial charge in [0.15, 0.2) is 14.1 Å². The van der Waals surface area contributed by atoms with Crippen molar-refractivity contribution in [3.05, 3.63) is 41.5 Å². The van der Waals surface area contributed by atoms with Crippen molar-refractivity contribution in [1.29, 1.82) is 0 Å². The summed E-state index contributed by atoms with van der Waals surface area (Å²) in [5.41, 5.74) is 4.48. The largest absolute Gasteiger partial charge is 0.412 e. The molecule has 0 N–H and O–H groups in total. The average molecular weight is 315 g/mol. The van der Waals surface area contributed by atoms with Crippen molar-refractivity contribution in [2.45, 2.75) is 51.2 Å². The highest BCUT2D eigenvalue weighted by Gasteiger charge is 2.50. The summed E-state index contributed by atoms with van der Waals surface area (Å²) < 4.78 is 6.53. The quantitative estimate of drug-likeness (QED) is 0.747. The van der Waals surface area contributed by atoms with E-state index in [1.807, 2.05) is 30.3 Å². The Hall–Kier alpha value is -1.19. The molecule has 1 aliphatic carbocycles. The fraction of sp³-hybridized carbons (Fsp3) is 0.526. The van der Waals surface area contributed by atoms with Gasteiger partial charge in [-0.15, -0.1) is 0 Å². The Labute approximate surface area is 134 Å². The molecule has 1 fully saturated rings. The van der Waals surface area contributed by atoms with Crippen LogP contribution in [0, 0.1) is 5.92 Å². The molecule has 0 radical (unpaired) electrons. The van der Waals surface area contributed by atoms with Crippen molar-refractivity contribution in [3.63, 3.8) is 0 Å². The van der Waals surface area contributed by atoms with Gasteiger partial charge < -0.3 is 4.43 Å². The van der Waals surface area contributed by atoms with Gasteiger partial charge >= 0.3 is 0 Å². The van der Waals surface area contributed by atoms with E-state index in [2.05, 4.69) is 27.7 Å². The maximum atomic E-state index is 12.6. The summed E-state index contributed by atoms with van der Waals surface area (Å²) in [7, 11) is -1.77. The Morgan fingerprint density at radius 2 is 1.73 bits per heavy atom. The van der Waals surface area contributed by atoms with Gasteiger partial charge in [0.2, 0.25) is 0 Å².